The van der Waals surface area contributed by atoms with Crippen molar-refractivity contribution in [1.82, 2.24) is 24.6 Å². The first kappa shape index (κ1) is 21.7. The second kappa shape index (κ2) is 9.09. The van der Waals surface area contributed by atoms with Gasteiger partial charge in [0.1, 0.15) is 17.5 Å². The Bertz CT molecular complexity index is 1140. The minimum absolute atomic E-state index is 0.137. The van der Waals surface area contributed by atoms with Gasteiger partial charge in [-0.3, -0.25) is 9.91 Å². The predicted octanol–water partition coefficient (Wildman–Crippen LogP) is 3.45. The largest absolute Gasteiger partial charge is 0.487 e. The van der Waals surface area contributed by atoms with Crippen molar-refractivity contribution in [2.24, 2.45) is 0 Å². The molecule has 2 atom stereocenters. The Hall–Kier alpha value is -2.81. The second-order valence-corrected chi connectivity index (χ2v) is 9.70. The number of hydrogen-bond donors (Lipinski definition) is 1. The van der Waals surface area contributed by atoms with Crippen molar-refractivity contribution in [2.45, 2.75) is 32.2 Å². The fourth-order valence-electron chi connectivity index (χ4n) is 5.53. The highest BCUT2D eigenvalue weighted by molar-refractivity contribution is 5.83. The maximum atomic E-state index is 6.74. The monoisotopic (exact) mass is 461 g/mol. The molecule has 3 aromatic rings. The van der Waals surface area contributed by atoms with Crippen LogP contribution in [0.25, 0.3) is 10.9 Å². The van der Waals surface area contributed by atoms with Crippen LogP contribution in [-0.4, -0.2) is 83.6 Å². The lowest BCUT2D eigenvalue weighted by Gasteiger charge is -2.42. The van der Waals surface area contributed by atoms with Crippen LogP contribution in [-0.2, 0) is 0 Å². The van der Waals surface area contributed by atoms with Gasteiger partial charge in [0.25, 0.3) is 0 Å². The lowest BCUT2D eigenvalue weighted by atomic mass is 10.1. The van der Waals surface area contributed by atoms with Crippen LogP contribution in [0, 0.1) is 0 Å². The smallest absolute Gasteiger partial charge is 0.212 e. The number of nitrogens with zero attached hydrogens (tertiary/aromatic N) is 6. The van der Waals surface area contributed by atoms with Crippen LogP contribution in [0.3, 0.4) is 0 Å². The molecule has 2 saturated heterocycles. The van der Waals surface area contributed by atoms with E-state index < -0.39 is 0 Å². The van der Waals surface area contributed by atoms with Gasteiger partial charge in [-0.05, 0) is 51.2 Å². The number of ether oxygens (including phenoxy) is 1. The topological polar surface area (TPSA) is 52.0 Å². The normalized spacial score (nSPS) is 24.4. The number of rotatable bonds is 5. The average molecular weight is 462 g/mol. The molecule has 4 heterocycles. The highest BCUT2D eigenvalue weighted by Gasteiger charge is 2.39. The number of likely N-dealkylation sites (N-methyl/N-ethyl adjacent to an activating group) is 2. The molecule has 2 fully saturated rings. The van der Waals surface area contributed by atoms with Gasteiger partial charge in [0.05, 0.1) is 17.4 Å². The molecular formula is C26H35N7O. The molecular weight excluding hydrogens is 426 g/mol. The molecule has 3 aliphatic heterocycles. The van der Waals surface area contributed by atoms with E-state index in [0.717, 1.165) is 73.7 Å². The third kappa shape index (κ3) is 3.89. The zero-order valence-electron chi connectivity index (χ0n) is 20.2. The summed E-state index contributed by atoms with van der Waals surface area (Å²) < 4.78 is 8.84. The number of hydrazine groups is 1. The van der Waals surface area contributed by atoms with Gasteiger partial charge in [-0.15, -0.1) is 0 Å². The molecule has 0 aliphatic carbocycles. The van der Waals surface area contributed by atoms with Crippen LogP contribution in [0.2, 0.25) is 0 Å². The zero-order valence-corrected chi connectivity index (χ0v) is 20.2. The van der Waals surface area contributed by atoms with E-state index in [9.17, 15) is 0 Å². The molecule has 2 aromatic carbocycles. The van der Waals surface area contributed by atoms with Crippen LogP contribution in [0.4, 0.5) is 11.4 Å². The third-order valence-corrected chi connectivity index (χ3v) is 7.47. The minimum atomic E-state index is -0.137. The summed E-state index contributed by atoms with van der Waals surface area (Å²) in [5.74, 6) is 0.964. The van der Waals surface area contributed by atoms with Crippen molar-refractivity contribution in [3.05, 3.63) is 48.7 Å². The van der Waals surface area contributed by atoms with E-state index in [2.05, 4.69) is 86.3 Å². The van der Waals surface area contributed by atoms with Gasteiger partial charge in [-0.2, -0.15) is 5.10 Å². The zero-order chi connectivity index (χ0) is 23.1. The summed E-state index contributed by atoms with van der Waals surface area (Å²) in [5.41, 5.74) is 3.36. The number of benzene rings is 2. The van der Waals surface area contributed by atoms with E-state index >= 15 is 0 Å². The Balaban J connectivity index is 1.38. The summed E-state index contributed by atoms with van der Waals surface area (Å²) in [4.78, 5) is 4.88. The van der Waals surface area contributed by atoms with Crippen molar-refractivity contribution in [3.8, 4) is 5.75 Å². The van der Waals surface area contributed by atoms with Crippen LogP contribution in [0.5, 0.6) is 5.75 Å². The second-order valence-electron chi connectivity index (χ2n) is 9.70. The molecule has 180 valence electrons. The number of piperazine rings is 1. The molecule has 6 rings (SSSR count). The fourth-order valence-corrected chi connectivity index (χ4v) is 5.53. The molecule has 0 bridgehead atoms. The maximum absolute atomic E-state index is 6.74. The summed E-state index contributed by atoms with van der Waals surface area (Å²) in [6.45, 7) is 9.49. The fraction of sp³-hybridized carbons (Fsp3) is 0.500. The summed E-state index contributed by atoms with van der Waals surface area (Å²) in [7, 11) is 2.20. The summed E-state index contributed by atoms with van der Waals surface area (Å²) >= 11 is 0. The Labute approximate surface area is 201 Å². The number of para-hydroxylation sites is 2. The first-order valence-corrected chi connectivity index (χ1v) is 12.6. The van der Waals surface area contributed by atoms with E-state index in [1.807, 2.05) is 6.20 Å². The number of anilines is 2. The summed E-state index contributed by atoms with van der Waals surface area (Å²) in [6.07, 6.45) is 4.34. The molecule has 0 radical (unpaired) electrons. The first-order chi connectivity index (χ1) is 16.7. The number of piperidine rings is 1. The molecule has 2 unspecified atom stereocenters. The molecule has 0 saturated carbocycles. The van der Waals surface area contributed by atoms with Crippen molar-refractivity contribution in [1.29, 1.82) is 0 Å². The number of fused-ring (bicyclic) bond motifs is 2. The third-order valence-electron chi connectivity index (χ3n) is 7.47. The van der Waals surface area contributed by atoms with Gasteiger partial charge < -0.3 is 15.0 Å². The predicted molar refractivity (Wildman–Crippen MR) is 136 cm³/mol. The van der Waals surface area contributed by atoms with Gasteiger partial charge in [0.2, 0.25) is 6.29 Å². The standard InChI is InChI=1S/C26H35N7O/c1-3-30-13-7-9-21(19-30)34-24-12-6-10-22-25(24)33(31-16-14-29(2)15-17-31)26(28-22)32-23-11-5-4-8-20(23)18-27-32/h4-6,8,10-12,18,21,26,28H,3,7,9,13-17,19H2,1-2H3. The van der Waals surface area contributed by atoms with Crippen molar-refractivity contribution < 1.29 is 4.74 Å². The van der Waals surface area contributed by atoms with Crippen LogP contribution >= 0.6 is 0 Å². The van der Waals surface area contributed by atoms with Crippen molar-refractivity contribution in [3.63, 3.8) is 0 Å². The van der Waals surface area contributed by atoms with Gasteiger partial charge in [0, 0.05) is 38.1 Å². The molecule has 34 heavy (non-hydrogen) atoms. The lowest BCUT2D eigenvalue weighted by Crippen LogP contribution is -2.55. The van der Waals surface area contributed by atoms with Gasteiger partial charge in [-0.25, -0.2) is 9.69 Å². The van der Waals surface area contributed by atoms with Crippen LogP contribution in [0.1, 0.15) is 26.1 Å². The van der Waals surface area contributed by atoms with Crippen molar-refractivity contribution in [2.75, 3.05) is 63.2 Å². The Kier molecular flexibility index (Phi) is 5.80. The Morgan fingerprint density at radius 2 is 1.88 bits per heavy atom. The quantitative estimate of drug-likeness (QED) is 0.625. The summed E-state index contributed by atoms with van der Waals surface area (Å²) in [6, 6.07) is 14.8. The average Bonchev–Trinajstić information content (AvgIpc) is 3.47. The molecule has 8 nitrogen and oxygen atoms in total. The molecule has 1 N–H and O–H groups in total. The van der Waals surface area contributed by atoms with E-state index in [-0.39, 0.29) is 12.4 Å². The van der Waals surface area contributed by atoms with Crippen LogP contribution < -0.4 is 15.1 Å². The Morgan fingerprint density at radius 3 is 2.74 bits per heavy atom. The molecule has 1 aromatic heterocycles. The highest BCUT2D eigenvalue weighted by Crippen LogP contribution is 2.47. The minimum Gasteiger partial charge on any atom is -0.487 e. The van der Waals surface area contributed by atoms with Gasteiger partial charge in [-0.1, -0.05) is 31.2 Å². The van der Waals surface area contributed by atoms with E-state index in [4.69, 9.17) is 9.84 Å². The number of likely N-dealkylation sites (tertiary alicyclic amines) is 1. The molecule has 3 aliphatic rings. The Morgan fingerprint density at radius 1 is 1.03 bits per heavy atom. The van der Waals surface area contributed by atoms with E-state index in [1.165, 1.54) is 13.0 Å². The molecule has 0 amide bonds. The number of hydrogen-bond acceptors (Lipinski definition) is 7. The van der Waals surface area contributed by atoms with Crippen LogP contribution in [0.15, 0.2) is 48.7 Å². The molecule has 0 spiro atoms. The highest BCUT2D eigenvalue weighted by atomic mass is 16.5. The van der Waals surface area contributed by atoms with Gasteiger partial charge in [0.15, 0.2) is 0 Å². The first-order valence-electron chi connectivity index (χ1n) is 12.6. The molecule has 8 heteroatoms. The van der Waals surface area contributed by atoms with Crippen molar-refractivity contribution >= 4 is 22.3 Å². The number of aromatic nitrogens is 2. The lowest BCUT2D eigenvalue weighted by molar-refractivity contribution is 0.0896. The maximum Gasteiger partial charge on any atom is 0.212 e. The summed E-state index contributed by atoms with van der Waals surface area (Å²) in [5, 5.41) is 14.6. The number of nitrogens with one attached hydrogen (secondary N) is 1. The van der Waals surface area contributed by atoms with E-state index in [1.54, 1.807) is 0 Å². The van der Waals surface area contributed by atoms with Gasteiger partial charge >= 0.3 is 0 Å². The van der Waals surface area contributed by atoms with E-state index in [0.29, 0.717) is 0 Å². The SMILES string of the molecule is CCN1CCCC(Oc2cccc3c2N(N2CCN(C)CC2)C(n2ncc4ccccc42)N3)C1.